The number of hydrogen-bond acceptors (Lipinski definition) is 5. The molecule has 0 aliphatic carbocycles. The number of carbonyl (C=O) groups is 1. The number of aromatic nitrogens is 2. The minimum atomic E-state index is -0.288. The fourth-order valence-electron chi connectivity index (χ4n) is 2.16. The predicted octanol–water partition coefficient (Wildman–Crippen LogP) is 3.58. The van der Waals surface area contributed by atoms with Gasteiger partial charge in [-0.3, -0.25) is 4.79 Å². The lowest BCUT2D eigenvalue weighted by Gasteiger charge is -2.04. The van der Waals surface area contributed by atoms with E-state index in [2.05, 4.69) is 21.0 Å². The van der Waals surface area contributed by atoms with Gasteiger partial charge >= 0.3 is 0 Å². The Morgan fingerprint density at radius 1 is 1.23 bits per heavy atom. The topological polar surface area (TPSA) is 84.6 Å². The molecule has 0 atom stereocenters. The maximum atomic E-state index is 12.5. The van der Waals surface area contributed by atoms with Crippen molar-refractivity contribution in [2.24, 2.45) is 0 Å². The van der Waals surface area contributed by atoms with Gasteiger partial charge in [0.2, 0.25) is 0 Å². The van der Waals surface area contributed by atoms with Crippen molar-refractivity contribution in [1.82, 2.24) is 9.78 Å². The van der Waals surface area contributed by atoms with Crippen molar-refractivity contribution in [3.05, 3.63) is 70.5 Å². The summed E-state index contributed by atoms with van der Waals surface area (Å²) >= 11 is 3.30. The van der Waals surface area contributed by atoms with E-state index < -0.39 is 0 Å². The van der Waals surface area contributed by atoms with E-state index in [0.29, 0.717) is 5.56 Å². The predicted molar refractivity (Wildman–Crippen MR) is 102 cm³/mol. The van der Waals surface area contributed by atoms with Crippen molar-refractivity contribution >= 4 is 21.7 Å². The quantitative estimate of drug-likeness (QED) is 0.632. The van der Waals surface area contributed by atoms with E-state index in [1.54, 1.807) is 37.0 Å². The first-order chi connectivity index (χ1) is 12.5. The Balaban J connectivity index is 0.000000758. The minimum absolute atomic E-state index is 0.0598. The van der Waals surface area contributed by atoms with Gasteiger partial charge in [0.1, 0.15) is 11.5 Å². The number of phenolic OH excluding ortho intramolecular Hbond substituents is 1. The van der Waals surface area contributed by atoms with Crippen LogP contribution in [0.1, 0.15) is 22.8 Å². The number of halogens is 1. The first-order valence-electron chi connectivity index (χ1n) is 7.83. The van der Waals surface area contributed by atoms with E-state index in [1.165, 1.54) is 12.3 Å². The van der Waals surface area contributed by atoms with Crippen LogP contribution in [-0.2, 0) is 0 Å². The highest BCUT2D eigenvalue weighted by atomic mass is 79.9. The van der Waals surface area contributed by atoms with Crippen molar-refractivity contribution < 1.29 is 19.7 Å². The Labute approximate surface area is 159 Å². The standard InChI is InChI=1S/C17H13BrN2O3.C2H6O/c1-23-14-5-3-13(4-6-14)20-10-11(9-19-20)17(22)15-8-12(18)2-7-16(15)21;1-2-3/h2-10,21H,1H3;3H,2H2,1H3. The molecule has 0 bridgehead atoms. The molecule has 1 heterocycles. The zero-order valence-electron chi connectivity index (χ0n) is 14.4. The van der Waals surface area contributed by atoms with Gasteiger partial charge in [0.05, 0.1) is 30.1 Å². The number of methoxy groups -OCH3 is 1. The third kappa shape index (κ3) is 4.71. The molecule has 0 amide bonds. The summed E-state index contributed by atoms with van der Waals surface area (Å²) in [4.78, 5) is 12.5. The lowest BCUT2D eigenvalue weighted by atomic mass is 10.1. The van der Waals surface area contributed by atoms with Crippen LogP contribution in [0.25, 0.3) is 5.69 Å². The van der Waals surface area contributed by atoms with E-state index in [1.807, 2.05) is 24.3 Å². The molecule has 2 aromatic carbocycles. The van der Waals surface area contributed by atoms with Gasteiger partial charge in [-0.25, -0.2) is 4.68 Å². The monoisotopic (exact) mass is 418 g/mol. The van der Waals surface area contributed by atoms with Gasteiger partial charge in [-0.1, -0.05) is 15.9 Å². The van der Waals surface area contributed by atoms with Crippen molar-refractivity contribution in [3.8, 4) is 17.2 Å². The van der Waals surface area contributed by atoms with Crippen molar-refractivity contribution in [3.63, 3.8) is 0 Å². The van der Waals surface area contributed by atoms with E-state index >= 15 is 0 Å². The van der Waals surface area contributed by atoms with E-state index in [4.69, 9.17) is 9.84 Å². The summed E-state index contributed by atoms with van der Waals surface area (Å²) in [7, 11) is 1.60. The van der Waals surface area contributed by atoms with Crippen LogP contribution in [0, 0.1) is 0 Å². The number of hydrogen-bond donors (Lipinski definition) is 2. The number of phenols is 1. The fraction of sp³-hybridized carbons (Fsp3) is 0.158. The second-order valence-corrected chi connectivity index (χ2v) is 6.09. The van der Waals surface area contributed by atoms with Crippen LogP contribution in [-0.4, -0.2) is 39.5 Å². The van der Waals surface area contributed by atoms with Gasteiger partial charge in [0.25, 0.3) is 0 Å². The van der Waals surface area contributed by atoms with Crippen LogP contribution in [0.3, 0.4) is 0 Å². The average Bonchev–Trinajstić information content (AvgIpc) is 3.14. The Hall–Kier alpha value is -2.64. The molecule has 0 aliphatic heterocycles. The van der Waals surface area contributed by atoms with Crippen molar-refractivity contribution in [2.75, 3.05) is 13.7 Å². The first kappa shape index (κ1) is 19.7. The van der Waals surface area contributed by atoms with Crippen molar-refractivity contribution in [1.29, 1.82) is 0 Å². The second-order valence-electron chi connectivity index (χ2n) is 5.18. The second kappa shape index (κ2) is 9.17. The Morgan fingerprint density at radius 2 is 1.88 bits per heavy atom. The Bertz CT molecular complexity index is 876. The molecule has 0 saturated carbocycles. The maximum absolute atomic E-state index is 12.5. The van der Waals surface area contributed by atoms with E-state index in [-0.39, 0.29) is 23.7 Å². The molecule has 0 aliphatic rings. The highest BCUT2D eigenvalue weighted by Gasteiger charge is 2.16. The molecule has 0 spiro atoms. The molecular formula is C19H19BrN2O4. The Kier molecular flexibility index (Phi) is 6.94. The van der Waals surface area contributed by atoms with Gasteiger partial charge in [-0.05, 0) is 49.4 Å². The number of rotatable bonds is 4. The molecular weight excluding hydrogens is 400 g/mol. The number of aliphatic hydroxyl groups excluding tert-OH is 1. The van der Waals surface area contributed by atoms with E-state index in [9.17, 15) is 9.90 Å². The largest absolute Gasteiger partial charge is 0.507 e. The normalized spacial score (nSPS) is 10.0. The summed E-state index contributed by atoms with van der Waals surface area (Å²) in [5.41, 5.74) is 1.44. The van der Waals surface area contributed by atoms with Crippen LogP contribution < -0.4 is 4.74 Å². The highest BCUT2D eigenvalue weighted by Crippen LogP contribution is 2.25. The van der Waals surface area contributed by atoms with E-state index in [0.717, 1.165) is 15.9 Å². The summed E-state index contributed by atoms with van der Waals surface area (Å²) in [5, 5.41) is 21.6. The third-order valence-corrected chi connectivity index (χ3v) is 3.88. The molecule has 3 aromatic rings. The summed E-state index contributed by atoms with van der Waals surface area (Å²) in [5.74, 6) is 0.398. The summed E-state index contributed by atoms with van der Waals surface area (Å²) in [6.45, 7) is 1.93. The van der Waals surface area contributed by atoms with Gasteiger partial charge < -0.3 is 14.9 Å². The van der Waals surface area contributed by atoms with Crippen LogP contribution in [0.2, 0.25) is 0 Å². The van der Waals surface area contributed by atoms with Gasteiger partial charge in [-0.15, -0.1) is 0 Å². The number of carbonyl (C=O) groups excluding carboxylic acids is 1. The molecule has 6 nitrogen and oxygen atoms in total. The third-order valence-electron chi connectivity index (χ3n) is 3.38. The number of aromatic hydroxyl groups is 1. The highest BCUT2D eigenvalue weighted by molar-refractivity contribution is 9.10. The van der Waals surface area contributed by atoms with Crippen LogP contribution in [0.5, 0.6) is 11.5 Å². The first-order valence-corrected chi connectivity index (χ1v) is 8.62. The zero-order chi connectivity index (χ0) is 19.1. The molecule has 0 fully saturated rings. The smallest absolute Gasteiger partial charge is 0.199 e. The molecule has 0 unspecified atom stereocenters. The SMILES string of the molecule is CCO.COc1ccc(-n2cc(C(=O)c3cc(Br)ccc3O)cn2)cc1. The van der Waals surface area contributed by atoms with Crippen LogP contribution in [0.4, 0.5) is 0 Å². The van der Waals surface area contributed by atoms with Gasteiger partial charge in [0.15, 0.2) is 5.78 Å². The molecule has 26 heavy (non-hydrogen) atoms. The molecule has 3 rings (SSSR count). The molecule has 7 heteroatoms. The van der Waals surface area contributed by atoms with Crippen LogP contribution >= 0.6 is 15.9 Å². The molecule has 2 N–H and O–H groups in total. The summed E-state index contributed by atoms with van der Waals surface area (Å²) in [6, 6.07) is 12.1. The summed E-state index contributed by atoms with van der Waals surface area (Å²) < 4.78 is 7.44. The summed E-state index contributed by atoms with van der Waals surface area (Å²) in [6.07, 6.45) is 3.11. The average molecular weight is 419 g/mol. The van der Waals surface area contributed by atoms with Crippen LogP contribution in [0.15, 0.2) is 59.3 Å². The van der Waals surface area contributed by atoms with Gasteiger partial charge in [-0.2, -0.15) is 5.10 Å². The molecule has 1 aromatic heterocycles. The lowest BCUT2D eigenvalue weighted by molar-refractivity contribution is 0.103. The van der Waals surface area contributed by atoms with Crippen molar-refractivity contribution in [2.45, 2.75) is 6.92 Å². The molecule has 0 saturated heterocycles. The maximum Gasteiger partial charge on any atom is 0.199 e. The number of benzene rings is 2. The Morgan fingerprint density at radius 3 is 2.50 bits per heavy atom. The lowest BCUT2D eigenvalue weighted by Crippen LogP contribution is -2.01. The van der Waals surface area contributed by atoms with Gasteiger partial charge in [0, 0.05) is 17.3 Å². The molecule has 136 valence electrons. The number of aliphatic hydroxyl groups is 1. The number of ketones is 1. The molecule has 0 radical (unpaired) electrons. The zero-order valence-corrected chi connectivity index (χ0v) is 16.0. The minimum Gasteiger partial charge on any atom is -0.507 e. The number of ether oxygens (including phenoxy) is 1. The number of nitrogens with zero attached hydrogens (tertiary/aromatic N) is 2. The fourth-order valence-corrected chi connectivity index (χ4v) is 2.52.